The molecule has 0 heterocycles. The van der Waals surface area contributed by atoms with Gasteiger partial charge in [-0.1, -0.05) is 30.9 Å². The summed E-state index contributed by atoms with van der Waals surface area (Å²) in [6, 6.07) is 5.96. The van der Waals surface area contributed by atoms with Crippen LogP contribution in [0.2, 0.25) is 0 Å². The number of hydrogen-bond acceptors (Lipinski definition) is 5. The smallest absolute Gasteiger partial charge is 0.408 e. The van der Waals surface area contributed by atoms with E-state index in [1.165, 1.54) is 4.90 Å². The highest BCUT2D eigenvalue weighted by molar-refractivity contribution is 5.90. The van der Waals surface area contributed by atoms with E-state index in [9.17, 15) is 19.5 Å². The molecule has 8 heteroatoms. The molecule has 0 aliphatic heterocycles. The molecule has 0 aromatic heterocycles. The normalized spacial score (nSPS) is 12.1. The minimum Gasteiger partial charge on any atom is -0.444 e. The Balaban J connectivity index is 3.16. The van der Waals surface area contributed by atoms with Crippen molar-refractivity contribution >= 4 is 24.0 Å². The van der Waals surface area contributed by atoms with Crippen LogP contribution in [0.4, 0.5) is 4.79 Å². The van der Waals surface area contributed by atoms with E-state index in [1.807, 2.05) is 19.9 Å². The molecule has 0 saturated heterocycles. The monoisotopic (exact) mass is 419 g/mol. The Kier molecular flexibility index (Phi) is 9.52. The van der Waals surface area contributed by atoms with Crippen LogP contribution in [-0.2, 0) is 14.3 Å². The Bertz CT molecular complexity index is 755. The van der Waals surface area contributed by atoms with E-state index in [0.29, 0.717) is 5.56 Å². The van der Waals surface area contributed by atoms with E-state index in [4.69, 9.17) is 4.74 Å². The molecule has 1 rings (SSSR count). The minimum atomic E-state index is -0.979. The number of aliphatic hydroxyl groups excluding tert-OH is 1. The first-order chi connectivity index (χ1) is 14.0. The number of carbonyl (C=O) groups excluding carboxylic acids is 3. The van der Waals surface area contributed by atoms with Gasteiger partial charge in [-0.2, -0.15) is 0 Å². The topological polar surface area (TPSA) is 108 Å². The van der Waals surface area contributed by atoms with Crippen molar-refractivity contribution in [3.63, 3.8) is 0 Å². The fourth-order valence-corrected chi connectivity index (χ4v) is 2.76. The summed E-state index contributed by atoms with van der Waals surface area (Å²) < 4.78 is 5.14. The summed E-state index contributed by atoms with van der Waals surface area (Å²) in [4.78, 5) is 39.0. The average Bonchev–Trinajstić information content (AvgIpc) is 2.64. The zero-order valence-corrected chi connectivity index (χ0v) is 18.4. The van der Waals surface area contributed by atoms with Crippen molar-refractivity contribution < 1.29 is 24.2 Å². The van der Waals surface area contributed by atoms with Crippen molar-refractivity contribution in [1.82, 2.24) is 15.5 Å². The number of hydrogen-bond donors (Lipinski definition) is 3. The van der Waals surface area contributed by atoms with Gasteiger partial charge in [0.1, 0.15) is 18.2 Å². The van der Waals surface area contributed by atoms with Gasteiger partial charge < -0.3 is 25.4 Å². The molecular weight excluding hydrogens is 386 g/mol. The van der Waals surface area contributed by atoms with Gasteiger partial charge in [0.15, 0.2) is 0 Å². The molecule has 1 aromatic carbocycles. The summed E-state index contributed by atoms with van der Waals surface area (Å²) in [5.74, 6) is -0.909. The van der Waals surface area contributed by atoms with Crippen molar-refractivity contribution in [3.8, 4) is 0 Å². The number of aliphatic hydroxyl groups is 1. The number of ether oxygens (including phenoxy) is 1. The van der Waals surface area contributed by atoms with Crippen molar-refractivity contribution in [2.24, 2.45) is 0 Å². The number of nitrogens with zero attached hydrogens (tertiary/aromatic N) is 1. The number of amides is 3. The summed E-state index contributed by atoms with van der Waals surface area (Å²) in [6.07, 6.45) is 0.903. The van der Waals surface area contributed by atoms with Crippen LogP contribution in [0.3, 0.4) is 0 Å². The van der Waals surface area contributed by atoms with Gasteiger partial charge in [-0.15, -0.1) is 0 Å². The highest BCUT2D eigenvalue weighted by atomic mass is 16.6. The summed E-state index contributed by atoms with van der Waals surface area (Å²) in [6.45, 7) is 11.7. The average molecular weight is 420 g/mol. The van der Waals surface area contributed by atoms with Crippen LogP contribution < -0.4 is 10.6 Å². The molecule has 0 aliphatic rings. The maximum absolute atomic E-state index is 13.0. The predicted molar refractivity (Wildman–Crippen MR) is 116 cm³/mol. The van der Waals surface area contributed by atoms with E-state index in [-0.39, 0.29) is 31.6 Å². The summed E-state index contributed by atoms with van der Waals surface area (Å²) in [7, 11) is 0. The lowest BCUT2D eigenvalue weighted by molar-refractivity contribution is -0.141. The molecule has 3 N–H and O–H groups in total. The second-order valence-corrected chi connectivity index (χ2v) is 8.11. The highest BCUT2D eigenvalue weighted by Crippen LogP contribution is 2.23. The largest absolute Gasteiger partial charge is 0.444 e. The first-order valence-corrected chi connectivity index (χ1v) is 9.88. The van der Waals surface area contributed by atoms with Gasteiger partial charge >= 0.3 is 6.09 Å². The Labute approximate surface area is 178 Å². The third kappa shape index (κ3) is 8.24. The lowest BCUT2D eigenvalue weighted by Gasteiger charge is -2.32. The summed E-state index contributed by atoms with van der Waals surface area (Å²) in [5.41, 5.74) is 0.658. The SMILES string of the molecule is C=Cc1cccc(C(C(=O)NC(C)C)N(CCO)C(=O)CNC(=O)OC(C)(C)C)c1. The van der Waals surface area contributed by atoms with Gasteiger partial charge in [0.05, 0.1) is 6.61 Å². The summed E-state index contributed by atoms with van der Waals surface area (Å²) >= 11 is 0. The predicted octanol–water partition coefficient (Wildman–Crippen LogP) is 2.24. The Morgan fingerprint density at radius 2 is 1.93 bits per heavy atom. The lowest BCUT2D eigenvalue weighted by atomic mass is 10.0. The van der Waals surface area contributed by atoms with Gasteiger partial charge in [0.2, 0.25) is 11.8 Å². The molecule has 8 nitrogen and oxygen atoms in total. The molecule has 0 radical (unpaired) electrons. The third-order valence-electron chi connectivity index (χ3n) is 3.90. The highest BCUT2D eigenvalue weighted by Gasteiger charge is 2.32. The van der Waals surface area contributed by atoms with Crippen LogP contribution in [0.25, 0.3) is 6.08 Å². The molecule has 1 atom stereocenters. The van der Waals surface area contributed by atoms with E-state index in [2.05, 4.69) is 17.2 Å². The third-order valence-corrected chi connectivity index (χ3v) is 3.90. The molecular formula is C22H33N3O5. The zero-order chi connectivity index (χ0) is 22.9. The number of rotatable bonds is 9. The molecule has 30 heavy (non-hydrogen) atoms. The van der Waals surface area contributed by atoms with Crippen LogP contribution in [0.5, 0.6) is 0 Å². The standard InChI is InChI=1S/C22H33N3O5/c1-7-16-9-8-10-17(13-16)19(20(28)24-15(2)3)25(11-12-26)18(27)14-23-21(29)30-22(4,5)6/h7-10,13,15,19,26H,1,11-12,14H2,2-6H3,(H,23,29)(H,24,28). The second kappa shape index (κ2) is 11.3. The van der Waals surface area contributed by atoms with Gasteiger partial charge in [0, 0.05) is 12.6 Å². The molecule has 0 spiro atoms. The second-order valence-electron chi connectivity index (χ2n) is 8.11. The van der Waals surface area contributed by atoms with Crippen LogP contribution in [-0.4, -0.2) is 59.3 Å². The maximum atomic E-state index is 13.0. The fourth-order valence-electron chi connectivity index (χ4n) is 2.76. The number of benzene rings is 1. The van der Waals surface area contributed by atoms with E-state index in [1.54, 1.807) is 45.0 Å². The van der Waals surface area contributed by atoms with Crippen LogP contribution in [0, 0.1) is 0 Å². The quantitative estimate of drug-likeness (QED) is 0.569. The summed E-state index contributed by atoms with van der Waals surface area (Å²) in [5, 5.41) is 14.7. The van der Waals surface area contributed by atoms with Gasteiger partial charge in [-0.3, -0.25) is 9.59 Å². The number of nitrogens with one attached hydrogen (secondary N) is 2. The van der Waals surface area contributed by atoms with E-state index >= 15 is 0 Å². The van der Waals surface area contributed by atoms with E-state index in [0.717, 1.165) is 5.56 Å². The first kappa shape index (κ1) is 25.2. The van der Waals surface area contributed by atoms with Crippen LogP contribution in [0.15, 0.2) is 30.8 Å². The van der Waals surface area contributed by atoms with Gasteiger partial charge in [-0.25, -0.2) is 4.79 Å². The first-order valence-electron chi connectivity index (χ1n) is 9.88. The molecule has 166 valence electrons. The Morgan fingerprint density at radius 1 is 1.27 bits per heavy atom. The Hall–Kier alpha value is -2.87. The van der Waals surface area contributed by atoms with Gasteiger partial charge in [0.25, 0.3) is 0 Å². The Morgan fingerprint density at radius 3 is 2.47 bits per heavy atom. The molecule has 0 bridgehead atoms. The molecule has 0 fully saturated rings. The van der Waals surface area contributed by atoms with Crippen LogP contribution >= 0.6 is 0 Å². The lowest BCUT2D eigenvalue weighted by Crippen LogP contribution is -2.49. The molecule has 3 amide bonds. The van der Waals surface area contributed by atoms with Crippen LogP contribution in [0.1, 0.15) is 51.8 Å². The van der Waals surface area contributed by atoms with Crippen molar-refractivity contribution in [2.45, 2.75) is 52.3 Å². The fraction of sp³-hybridized carbons (Fsp3) is 0.500. The van der Waals surface area contributed by atoms with E-state index < -0.39 is 23.6 Å². The molecule has 0 saturated carbocycles. The van der Waals surface area contributed by atoms with Crippen molar-refractivity contribution in [1.29, 1.82) is 0 Å². The number of alkyl carbamates (subject to hydrolysis) is 1. The molecule has 1 unspecified atom stereocenters. The van der Waals surface area contributed by atoms with Crippen molar-refractivity contribution in [3.05, 3.63) is 42.0 Å². The van der Waals surface area contributed by atoms with Crippen molar-refractivity contribution in [2.75, 3.05) is 19.7 Å². The maximum Gasteiger partial charge on any atom is 0.408 e. The molecule has 1 aromatic rings. The van der Waals surface area contributed by atoms with Gasteiger partial charge in [-0.05, 0) is 51.8 Å². The number of carbonyl (C=O) groups is 3. The minimum absolute atomic E-state index is 0.0800. The molecule has 0 aliphatic carbocycles. The zero-order valence-electron chi connectivity index (χ0n) is 18.4.